The van der Waals surface area contributed by atoms with Gasteiger partial charge >= 0.3 is 5.97 Å². The molecule has 0 aliphatic carbocycles. The van der Waals surface area contributed by atoms with Crippen molar-refractivity contribution in [2.45, 2.75) is 13.0 Å². The quantitative estimate of drug-likeness (QED) is 0.689. The van der Waals surface area contributed by atoms with Gasteiger partial charge in [0.1, 0.15) is 0 Å². The van der Waals surface area contributed by atoms with E-state index >= 15 is 0 Å². The van der Waals surface area contributed by atoms with Gasteiger partial charge in [-0.1, -0.05) is 6.07 Å². The summed E-state index contributed by atoms with van der Waals surface area (Å²) in [7, 11) is 1.36. The Morgan fingerprint density at radius 2 is 2.24 bits per heavy atom. The molecule has 0 atom stereocenters. The molecule has 108 valence electrons. The monoisotopic (exact) mass is 283 g/mol. The zero-order chi connectivity index (χ0) is 14.8. The van der Waals surface area contributed by atoms with Crippen molar-refractivity contribution in [2.24, 2.45) is 0 Å². The van der Waals surface area contributed by atoms with E-state index in [0.717, 1.165) is 24.3 Å². The van der Waals surface area contributed by atoms with Crippen molar-refractivity contribution < 1.29 is 9.53 Å². The van der Waals surface area contributed by atoms with E-state index < -0.39 is 0 Å². The first-order valence-electron chi connectivity index (χ1n) is 6.84. The summed E-state index contributed by atoms with van der Waals surface area (Å²) in [6.45, 7) is 1.64. The van der Waals surface area contributed by atoms with Crippen LogP contribution in [0.25, 0.3) is 0 Å². The first-order chi connectivity index (χ1) is 10.2. The molecule has 0 saturated carbocycles. The van der Waals surface area contributed by atoms with Gasteiger partial charge in [0.15, 0.2) is 0 Å². The van der Waals surface area contributed by atoms with Gasteiger partial charge in [-0.05, 0) is 30.7 Å². The minimum absolute atomic E-state index is 0.367. The summed E-state index contributed by atoms with van der Waals surface area (Å²) in [6, 6.07) is 9.59. The van der Waals surface area contributed by atoms with Crippen LogP contribution in [0.3, 0.4) is 0 Å². The third-order valence-electron chi connectivity index (χ3n) is 3.76. The molecule has 0 amide bonds. The molecule has 1 aliphatic heterocycles. The van der Waals surface area contributed by atoms with Crippen molar-refractivity contribution in [3.63, 3.8) is 0 Å². The van der Waals surface area contributed by atoms with Gasteiger partial charge < -0.3 is 15.4 Å². The van der Waals surface area contributed by atoms with Crippen molar-refractivity contribution in [2.75, 3.05) is 24.3 Å². The maximum Gasteiger partial charge on any atom is 0.339 e. The predicted octanol–water partition coefficient (Wildman–Crippen LogP) is 2.01. The van der Waals surface area contributed by atoms with Crippen molar-refractivity contribution in [3.05, 3.63) is 53.3 Å². The number of benzene rings is 1. The van der Waals surface area contributed by atoms with E-state index in [1.165, 1.54) is 18.4 Å². The van der Waals surface area contributed by atoms with Crippen LogP contribution in [0.5, 0.6) is 0 Å². The summed E-state index contributed by atoms with van der Waals surface area (Å²) < 4.78 is 4.67. The molecule has 0 saturated heterocycles. The lowest BCUT2D eigenvalue weighted by atomic mass is 10.1. The van der Waals surface area contributed by atoms with Crippen LogP contribution in [0.2, 0.25) is 0 Å². The second-order valence-electron chi connectivity index (χ2n) is 5.05. The fourth-order valence-electron chi connectivity index (χ4n) is 2.64. The number of hydrogen-bond acceptors (Lipinski definition) is 5. The lowest BCUT2D eigenvalue weighted by molar-refractivity contribution is 0.0600. The van der Waals surface area contributed by atoms with E-state index in [-0.39, 0.29) is 5.97 Å². The summed E-state index contributed by atoms with van der Waals surface area (Å²) in [5.41, 5.74) is 10.6. The molecule has 2 N–H and O–H groups in total. The third-order valence-corrected chi connectivity index (χ3v) is 3.76. The van der Waals surface area contributed by atoms with Crippen LogP contribution in [-0.2, 0) is 17.7 Å². The number of pyridine rings is 1. The number of methoxy groups -OCH3 is 1. The summed E-state index contributed by atoms with van der Waals surface area (Å²) in [5, 5.41) is 0. The van der Waals surface area contributed by atoms with Gasteiger partial charge in [-0.2, -0.15) is 0 Å². The molecule has 3 rings (SSSR count). The highest BCUT2D eigenvalue weighted by Crippen LogP contribution is 2.32. The third kappa shape index (κ3) is 2.54. The number of carbonyl (C=O) groups excluding carboxylic acids is 1. The standard InChI is InChI=1S/C16H17N3O2/c1-21-16(20)11-5-6-12(18-9-11)10-19-8-7-13-14(17)3-2-4-15(13)19/h2-6,9H,7-8,10,17H2,1H3. The Hall–Kier alpha value is -2.56. The summed E-state index contributed by atoms with van der Waals surface area (Å²) >= 11 is 0. The normalized spacial score (nSPS) is 13.1. The van der Waals surface area contributed by atoms with E-state index in [0.29, 0.717) is 12.1 Å². The van der Waals surface area contributed by atoms with E-state index in [1.807, 2.05) is 18.2 Å². The Morgan fingerprint density at radius 3 is 2.95 bits per heavy atom. The van der Waals surface area contributed by atoms with Crippen LogP contribution in [0.4, 0.5) is 11.4 Å². The number of carbonyl (C=O) groups is 1. The Labute approximate surface area is 123 Å². The molecular weight excluding hydrogens is 266 g/mol. The largest absolute Gasteiger partial charge is 0.465 e. The molecular formula is C16H17N3O2. The average molecular weight is 283 g/mol. The van der Waals surface area contributed by atoms with Crippen LogP contribution >= 0.6 is 0 Å². The molecule has 1 aromatic heterocycles. The van der Waals surface area contributed by atoms with Gasteiger partial charge in [-0.3, -0.25) is 4.98 Å². The van der Waals surface area contributed by atoms with Gasteiger partial charge in [0.25, 0.3) is 0 Å². The molecule has 0 unspecified atom stereocenters. The number of ether oxygens (including phenoxy) is 1. The van der Waals surface area contributed by atoms with Crippen molar-refractivity contribution in [1.29, 1.82) is 0 Å². The van der Waals surface area contributed by atoms with Crippen LogP contribution in [0, 0.1) is 0 Å². The highest BCUT2D eigenvalue weighted by molar-refractivity contribution is 5.88. The summed E-state index contributed by atoms with van der Waals surface area (Å²) in [5.74, 6) is -0.367. The molecule has 2 aromatic rings. The smallest absolute Gasteiger partial charge is 0.339 e. The fraction of sp³-hybridized carbons (Fsp3) is 0.250. The van der Waals surface area contributed by atoms with Gasteiger partial charge in [-0.25, -0.2) is 4.79 Å². The SMILES string of the molecule is COC(=O)c1ccc(CN2CCc3c(N)cccc32)nc1. The number of nitrogens with two attached hydrogens (primary N) is 1. The Bertz CT molecular complexity index is 668. The van der Waals surface area contributed by atoms with Gasteiger partial charge in [0.05, 0.1) is 24.9 Å². The van der Waals surface area contributed by atoms with Crippen molar-refractivity contribution in [3.8, 4) is 0 Å². The van der Waals surface area contributed by atoms with E-state index in [4.69, 9.17) is 5.73 Å². The zero-order valence-corrected chi connectivity index (χ0v) is 11.9. The van der Waals surface area contributed by atoms with Crippen LogP contribution < -0.4 is 10.6 Å². The average Bonchev–Trinajstić information content (AvgIpc) is 2.92. The maximum atomic E-state index is 11.4. The number of esters is 1. The number of rotatable bonds is 3. The Morgan fingerprint density at radius 1 is 1.38 bits per heavy atom. The fourth-order valence-corrected chi connectivity index (χ4v) is 2.64. The number of fused-ring (bicyclic) bond motifs is 1. The molecule has 1 aliphatic rings. The van der Waals surface area contributed by atoms with Crippen molar-refractivity contribution in [1.82, 2.24) is 4.98 Å². The first kappa shape index (κ1) is 13.4. The molecule has 0 fully saturated rings. The van der Waals surface area contributed by atoms with E-state index in [9.17, 15) is 4.79 Å². The van der Waals surface area contributed by atoms with Gasteiger partial charge in [0, 0.05) is 29.7 Å². The van der Waals surface area contributed by atoms with Crippen molar-refractivity contribution >= 4 is 17.3 Å². The number of nitrogen functional groups attached to an aromatic ring is 1. The molecule has 1 aromatic carbocycles. The molecule has 2 heterocycles. The van der Waals surface area contributed by atoms with Gasteiger partial charge in [-0.15, -0.1) is 0 Å². The zero-order valence-electron chi connectivity index (χ0n) is 11.9. The second kappa shape index (κ2) is 5.44. The number of hydrogen-bond donors (Lipinski definition) is 1. The molecule has 5 heteroatoms. The van der Waals surface area contributed by atoms with Crippen LogP contribution in [0.1, 0.15) is 21.6 Å². The Balaban J connectivity index is 1.77. The highest BCUT2D eigenvalue weighted by Gasteiger charge is 2.21. The predicted molar refractivity (Wildman–Crippen MR) is 81.2 cm³/mol. The first-order valence-corrected chi connectivity index (χ1v) is 6.84. The highest BCUT2D eigenvalue weighted by atomic mass is 16.5. The number of nitrogens with zero attached hydrogens (tertiary/aromatic N) is 2. The van der Waals surface area contributed by atoms with Gasteiger partial charge in [0.2, 0.25) is 0 Å². The maximum absolute atomic E-state index is 11.4. The summed E-state index contributed by atoms with van der Waals surface area (Å²) in [6.07, 6.45) is 2.51. The molecule has 0 radical (unpaired) electrons. The van der Waals surface area contributed by atoms with E-state index in [1.54, 1.807) is 12.3 Å². The summed E-state index contributed by atoms with van der Waals surface area (Å²) in [4.78, 5) is 18.0. The lowest BCUT2D eigenvalue weighted by Crippen LogP contribution is -2.20. The minimum atomic E-state index is -0.367. The van der Waals surface area contributed by atoms with Crippen LogP contribution in [-0.4, -0.2) is 24.6 Å². The minimum Gasteiger partial charge on any atom is -0.465 e. The number of aromatic nitrogens is 1. The Kier molecular flexibility index (Phi) is 3.48. The van der Waals surface area contributed by atoms with E-state index in [2.05, 4.69) is 20.7 Å². The second-order valence-corrected chi connectivity index (χ2v) is 5.05. The number of anilines is 2. The molecule has 5 nitrogen and oxygen atoms in total. The molecule has 0 spiro atoms. The molecule has 0 bridgehead atoms. The van der Waals surface area contributed by atoms with Crippen LogP contribution in [0.15, 0.2) is 36.5 Å². The topological polar surface area (TPSA) is 68.5 Å². The molecule has 21 heavy (non-hydrogen) atoms. The lowest BCUT2D eigenvalue weighted by Gasteiger charge is -2.19.